The van der Waals surface area contributed by atoms with E-state index >= 15 is 0 Å². The summed E-state index contributed by atoms with van der Waals surface area (Å²) >= 11 is 0. The SMILES string of the molecule is CCCCCCCCCCCc1ccc(-c2ccc(C)cc2)cc1. The molecule has 2 aromatic carbocycles. The van der Waals surface area contributed by atoms with Crippen molar-refractivity contribution in [1.82, 2.24) is 0 Å². The van der Waals surface area contributed by atoms with Crippen LogP contribution in [0.1, 0.15) is 75.8 Å². The summed E-state index contributed by atoms with van der Waals surface area (Å²) in [5.41, 5.74) is 5.44. The maximum absolute atomic E-state index is 2.31. The molecule has 24 heavy (non-hydrogen) atoms. The van der Waals surface area contributed by atoms with Crippen molar-refractivity contribution in [2.24, 2.45) is 0 Å². The van der Waals surface area contributed by atoms with Crippen molar-refractivity contribution in [3.63, 3.8) is 0 Å². The number of rotatable bonds is 11. The smallest absolute Gasteiger partial charge is 0.0184 e. The first kappa shape index (κ1) is 18.8. The van der Waals surface area contributed by atoms with Crippen molar-refractivity contribution >= 4 is 0 Å². The monoisotopic (exact) mass is 322 g/mol. The molecule has 0 saturated carbocycles. The molecule has 0 aliphatic carbocycles. The third-order valence-electron chi connectivity index (χ3n) is 4.91. The highest BCUT2D eigenvalue weighted by Crippen LogP contribution is 2.21. The van der Waals surface area contributed by atoms with Gasteiger partial charge in [-0.2, -0.15) is 0 Å². The Balaban J connectivity index is 1.63. The van der Waals surface area contributed by atoms with Crippen LogP contribution in [-0.4, -0.2) is 0 Å². The fourth-order valence-electron chi connectivity index (χ4n) is 3.25. The second-order valence-electron chi connectivity index (χ2n) is 7.14. The van der Waals surface area contributed by atoms with Crippen LogP contribution in [-0.2, 0) is 6.42 Å². The van der Waals surface area contributed by atoms with Gasteiger partial charge < -0.3 is 0 Å². The van der Waals surface area contributed by atoms with Crippen LogP contribution in [0.3, 0.4) is 0 Å². The van der Waals surface area contributed by atoms with Crippen molar-refractivity contribution in [3.8, 4) is 11.1 Å². The maximum atomic E-state index is 2.31. The van der Waals surface area contributed by atoms with E-state index in [9.17, 15) is 0 Å². The van der Waals surface area contributed by atoms with E-state index in [-0.39, 0.29) is 0 Å². The lowest BCUT2D eigenvalue weighted by molar-refractivity contribution is 0.565. The molecule has 2 aromatic rings. The Morgan fingerprint density at radius 2 is 1.00 bits per heavy atom. The number of unbranched alkanes of at least 4 members (excludes halogenated alkanes) is 8. The molecular weight excluding hydrogens is 288 g/mol. The number of hydrogen-bond donors (Lipinski definition) is 0. The average molecular weight is 323 g/mol. The van der Waals surface area contributed by atoms with E-state index in [0.717, 1.165) is 0 Å². The lowest BCUT2D eigenvalue weighted by Crippen LogP contribution is -1.87. The molecule has 0 amide bonds. The van der Waals surface area contributed by atoms with Gasteiger partial charge in [0.2, 0.25) is 0 Å². The lowest BCUT2D eigenvalue weighted by atomic mass is 10.00. The molecule has 0 fully saturated rings. The minimum Gasteiger partial charge on any atom is -0.0654 e. The molecule has 0 atom stereocenters. The third kappa shape index (κ3) is 6.91. The first-order valence-electron chi connectivity index (χ1n) is 9.95. The molecule has 0 heterocycles. The highest BCUT2D eigenvalue weighted by Gasteiger charge is 1.99. The van der Waals surface area contributed by atoms with Gasteiger partial charge in [-0.3, -0.25) is 0 Å². The van der Waals surface area contributed by atoms with Crippen molar-refractivity contribution < 1.29 is 0 Å². The fourth-order valence-corrected chi connectivity index (χ4v) is 3.25. The Kier molecular flexibility index (Phi) is 8.66. The van der Waals surface area contributed by atoms with Gasteiger partial charge in [-0.15, -0.1) is 0 Å². The van der Waals surface area contributed by atoms with E-state index in [0.29, 0.717) is 0 Å². The molecule has 0 aliphatic rings. The molecule has 0 spiro atoms. The second kappa shape index (κ2) is 11.1. The Labute approximate surface area is 149 Å². The summed E-state index contributed by atoms with van der Waals surface area (Å²) in [6, 6.07) is 18.0. The van der Waals surface area contributed by atoms with Gasteiger partial charge >= 0.3 is 0 Å². The van der Waals surface area contributed by atoms with Crippen molar-refractivity contribution in [2.45, 2.75) is 78.1 Å². The minimum absolute atomic E-state index is 1.23. The normalized spacial score (nSPS) is 10.9. The summed E-state index contributed by atoms with van der Waals surface area (Å²) in [6.45, 7) is 4.42. The molecule has 0 unspecified atom stereocenters. The summed E-state index contributed by atoms with van der Waals surface area (Å²) in [7, 11) is 0. The van der Waals surface area contributed by atoms with Crippen LogP contribution < -0.4 is 0 Å². The Hall–Kier alpha value is -1.56. The van der Waals surface area contributed by atoms with Crippen LogP contribution in [0.4, 0.5) is 0 Å². The molecule has 2 rings (SSSR count). The van der Waals surface area contributed by atoms with Gasteiger partial charge in [-0.25, -0.2) is 0 Å². The van der Waals surface area contributed by atoms with E-state index in [1.807, 2.05) is 0 Å². The summed E-state index contributed by atoms with van der Waals surface area (Å²) in [4.78, 5) is 0. The summed E-state index contributed by atoms with van der Waals surface area (Å²) in [5.74, 6) is 0. The first-order valence-corrected chi connectivity index (χ1v) is 9.95. The predicted molar refractivity (Wildman–Crippen MR) is 108 cm³/mol. The van der Waals surface area contributed by atoms with Crippen LogP contribution in [0.5, 0.6) is 0 Å². The lowest BCUT2D eigenvalue weighted by Gasteiger charge is -2.06. The zero-order valence-electron chi connectivity index (χ0n) is 15.7. The van der Waals surface area contributed by atoms with Gasteiger partial charge in [0, 0.05) is 0 Å². The van der Waals surface area contributed by atoms with Gasteiger partial charge in [-0.05, 0) is 36.5 Å². The van der Waals surface area contributed by atoms with E-state index in [1.54, 1.807) is 0 Å². The second-order valence-corrected chi connectivity index (χ2v) is 7.14. The number of benzene rings is 2. The molecule has 0 aromatic heterocycles. The summed E-state index contributed by atoms with van der Waals surface area (Å²) < 4.78 is 0. The molecule has 0 nitrogen and oxygen atoms in total. The van der Waals surface area contributed by atoms with Gasteiger partial charge in [0.25, 0.3) is 0 Å². The quantitative estimate of drug-likeness (QED) is 0.371. The Morgan fingerprint density at radius 3 is 1.54 bits per heavy atom. The molecule has 0 saturated heterocycles. The van der Waals surface area contributed by atoms with Crippen LogP contribution in [0.25, 0.3) is 11.1 Å². The van der Waals surface area contributed by atoms with Gasteiger partial charge in [-0.1, -0.05) is 112 Å². The maximum Gasteiger partial charge on any atom is -0.0184 e. The summed E-state index contributed by atoms with van der Waals surface area (Å²) in [6.07, 6.45) is 13.9. The molecule has 130 valence electrons. The fraction of sp³-hybridized carbons (Fsp3) is 0.500. The molecular formula is C24H34. The van der Waals surface area contributed by atoms with Gasteiger partial charge in [0.1, 0.15) is 0 Å². The minimum atomic E-state index is 1.23. The average Bonchev–Trinajstić information content (AvgIpc) is 2.62. The number of aryl methyl sites for hydroxylation is 2. The third-order valence-corrected chi connectivity index (χ3v) is 4.91. The highest BCUT2D eigenvalue weighted by atomic mass is 14.0. The zero-order chi connectivity index (χ0) is 17.0. The Bertz CT molecular complexity index is 548. The van der Waals surface area contributed by atoms with Gasteiger partial charge in [0.05, 0.1) is 0 Å². The molecule has 0 radical (unpaired) electrons. The van der Waals surface area contributed by atoms with Crippen LogP contribution in [0, 0.1) is 6.92 Å². The Morgan fingerprint density at radius 1 is 0.542 bits per heavy atom. The van der Waals surface area contributed by atoms with Crippen molar-refractivity contribution in [2.75, 3.05) is 0 Å². The van der Waals surface area contributed by atoms with Crippen LogP contribution in [0.15, 0.2) is 48.5 Å². The van der Waals surface area contributed by atoms with E-state index in [1.165, 1.54) is 86.5 Å². The first-order chi connectivity index (χ1) is 11.8. The van der Waals surface area contributed by atoms with E-state index < -0.39 is 0 Å². The van der Waals surface area contributed by atoms with Crippen LogP contribution >= 0.6 is 0 Å². The van der Waals surface area contributed by atoms with E-state index in [2.05, 4.69) is 62.4 Å². The highest BCUT2D eigenvalue weighted by molar-refractivity contribution is 5.63. The van der Waals surface area contributed by atoms with Gasteiger partial charge in [0.15, 0.2) is 0 Å². The molecule has 0 bridgehead atoms. The largest absolute Gasteiger partial charge is 0.0654 e. The van der Waals surface area contributed by atoms with Crippen molar-refractivity contribution in [3.05, 3.63) is 59.7 Å². The standard InChI is InChI=1S/C24H34/c1-3-4-5-6-7-8-9-10-11-12-22-15-19-24(20-16-22)23-17-13-21(2)14-18-23/h13-20H,3-12H2,1-2H3. The molecule has 0 N–H and O–H groups in total. The summed E-state index contributed by atoms with van der Waals surface area (Å²) in [5, 5.41) is 0. The van der Waals surface area contributed by atoms with E-state index in [4.69, 9.17) is 0 Å². The topological polar surface area (TPSA) is 0 Å². The van der Waals surface area contributed by atoms with Crippen molar-refractivity contribution in [1.29, 1.82) is 0 Å². The number of hydrogen-bond acceptors (Lipinski definition) is 0. The molecule has 0 heteroatoms. The predicted octanol–water partition coefficient (Wildman–Crippen LogP) is 7.74. The molecule has 0 aliphatic heterocycles. The zero-order valence-corrected chi connectivity index (χ0v) is 15.7. The van der Waals surface area contributed by atoms with Crippen LogP contribution in [0.2, 0.25) is 0 Å².